The second kappa shape index (κ2) is 15.6. The van der Waals surface area contributed by atoms with Crippen LogP contribution in [0.25, 0.3) is 44.2 Å². The number of likely N-dealkylation sites (tertiary alicyclic amines) is 1. The Morgan fingerprint density at radius 1 is 0.887 bits per heavy atom. The van der Waals surface area contributed by atoms with Crippen molar-refractivity contribution < 1.29 is 33.4 Å². The Kier molecular flexibility index (Phi) is 10.6. The Balaban J connectivity index is 1.05. The number of hydrogen-bond donors (Lipinski definition) is 4. The molecule has 3 aromatic carbocycles. The number of carbonyl (C=O) groups excluding carboxylic acids is 3. The smallest absolute Gasteiger partial charge is 0.407 e. The van der Waals surface area contributed by atoms with Crippen LogP contribution in [0, 0.1) is 0 Å². The molecule has 53 heavy (non-hydrogen) atoms. The summed E-state index contributed by atoms with van der Waals surface area (Å²) in [4.78, 5) is 60.7. The fourth-order valence-corrected chi connectivity index (χ4v) is 6.94. The van der Waals surface area contributed by atoms with Crippen LogP contribution in [0.1, 0.15) is 50.4 Å². The number of H-pyrrole nitrogens is 2. The number of hydrogen-bond acceptors (Lipinski definition) is 10. The highest BCUT2D eigenvalue weighted by Crippen LogP contribution is 2.34. The number of morpholine rings is 1. The zero-order valence-corrected chi connectivity index (χ0v) is 30.2. The summed E-state index contributed by atoms with van der Waals surface area (Å²) >= 11 is 0. The van der Waals surface area contributed by atoms with E-state index in [9.17, 15) is 14.4 Å². The number of methoxy groups -OCH3 is 2. The van der Waals surface area contributed by atoms with E-state index in [2.05, 4.69) is 83.6 Å². The molecule has 0 bridgehead atoms. The van der Waals surface area contributed by atoms with Gasteiger partial charge in [0.1, 0.15) is 23.7 Å². The van der Waals surface area contributed by atoms with Gasteiger partial charge in [0.2, 0.25) is 5.91 Å². The van der Waals surface area contributed by atoms with Crippen LogP contribution in [0.2, 0.25) is 0 Å². The molecule has 0 unspecified atom stereocenters. The van der Waals surface area contributed by atoms with Crippen molar-refractivity contribution in [3.05, 3.63) is 72.4 Å². The fourth-order valence-electron chi connectivity index (χ4n) is 6.94. The maximum atomic E-state index is 13.1. The second-order valence-electron chi connectivity index (χ2n) is 13.4. The lowest BCUT2D eigenvalue weighted by molar-refractivity contribution is -0.231. The molecule has 0 spiro atoms. The molecule has 2 aromatic heterocycles. The summed E-state index contributed by atoms with van der Waals surface area (Å²) in [5, 5.41) is 9.32. The first kappa shape index (κ1) is 35.9. The molecule has 15 nitrogen and oxygen atoms in total. The van der Waals surface area contributed by atoms with Crippen LogP contribution < -0.4 is 10.6 Å². The van der Waals surface area contributed by atoms with Crippen LogP contribution >= 0.6 is 0 Å². The minimum atomic E-state index is -0.705. The van der Waals surface area contributed by atoms with E-state index in [4.69, 9.17) is 14.6 Å². The number of benzene rings is 3. The number of alkyl carbamates (subject to hydrolysis) is 2. The summed E-state index contributed by atoms with van der Waals surface area (Å²) in [7, 11) is 2.61. The number of hydroxylamine groups is 2. The van der Waals surface area contributed by atoms with Gasteiger partial charge >= 0.3 is 12.2 Å². The molecular weight excluding hydrogens is 680 g/mol. The van der Waals surface area contributed by atoms with Crippen molar-refractivity contribution in [2.45, 2.75) is 50.9 Å². The maximum Gasteiger partial charge on any atom is 0.407 e. The topological polar surface area (TPSA) is 176 Å². The van der Waals surface area contributed by atoms with E-state index < -0.39 is 18.2 Å². The molecule has 15 heteroatoms. The highest BCUT2D eigenvalue weighted by molar-refractivity contribution is 5.92. The molecule has 4 N–H and O–H groups in total. The van der Waals surface area contributed by atoms with E-state index in [1.165, 1.54) is 14.2 Å². The van der Waals surface area contributed by atoms with Crippen LogP contribution in [0.3, 0.4) is 0 Å². The first-order valence-corrected chi connectivity index (χ1v) is 17.8. The third-order valence-electron chi connectivity index (χ3n) is 9.76. The lowest BCUT2D eigenvalue weighted by Crippen LogP contribution is -2.46. The number of imidazole rings is 2. The minimum Gasteiger partial charge on any atom is -0.453 e. The monoisotopic (exact) mass is 724 g/mol. The van der Waals surface area contributed by atoms with Crippen molar-refractivity contribution in [1.29, 1.82) is 0 Å². The molecule has 0 aliphatic carbocycles. The molecule has 278 valence electrons. The molecule has 0 saturated carbocycles. The number of aromatic amines is 2. The molecule has 2 saturated heterocycles. The van der Waals surface area contributed by atoms with E-state index in [1.807, 2.05) is 24.3 Å². The number of fused-ring (bicyclic) bond motifs is 2. The Bertz CT molecular complexity index is 2110. The van der Waals surface area contributed by atoms with Crippen LogP contribution in [-0.2, 0) is 23.8 Å². The predicted molar refractivity (Wildman–Crippen MR) is 197 cm³/mol. The number of aromatic nitrogens is 4. The van der Waals surface area contributed by atoms with Crippen molar-refractivity contribution in [2.24, 2.45) is 0 Å². The zero-order chi connectivity index (χ0) is 37.1. The van der Waals surface area contributed by atoms with Gasteiger partial charge in [-0.25, -0.2) is 19.6 Å². The van der Waals surface area contributed by atoms with Gasteiger partial charge in [0, 0.05) is 18.7 Å². The normalized spacial score (nSPS) is 18.9. The Morgan fingerprint density at radius 3 is 2.40 bits per heavy atom. The van der Waals surface area contributed by atoms with E-state index in [0.29, 0.717) is 26.3 Å². The van der Waals surface area contributed by atoms with Gasteiger partial charge in [-0.05, 0) is 72.9 Å². The lowest BCUT2D eigenvalue weighted by Gasteiger charge is -2.33. The van der Waals surface area contributed by atoms with Gasteiger partial charge in [0.15, 0.2) is 0 Å². The number of nitrogens with zero attached hydrogens (tertiary/aromatic N) is 4. The Hall–Kier alpha value is -5.51. The molecule has 3 amide bonds. The largest absolute Gasteiger partial charge is 0.453 e. The first-order valence-electron chi connectivity index (χ1n) is 17.8. The highest BCUT2D eigenvalue weighted by Gasteiger charge is 2.35. The van der Waals surface area contributed by atoms with Crippen molar-refractivity contribution in [3.8, 4) is 22.4 Å². The molecule has 2 aliphatic rings. The van der Waals surface area contributed by atoms with Gasteiger partial charge in [0.25, 0.3) is 0 Å². The zero-order valence-electron chi connectivity index (χ0n) is 30.2. The van der Waals surface area contributed by atoms with Crippen LogP contribution in [0.15, 0.2) is 60.8 Å². The standard InChI is InChI=1S/C38H44N8O7/c1-22(40-37(48)50-3)20-53-46-14-15-52-21-33(46)35-42-29-12-11-27(18-30(29)43-35)25-7-8-26-17-28(10-9-24(26)16-25)31-19-39-34(44-31)32-6-5-13-45(32)36(47)23(2)41-38(49)51-4/h7-12,16-19,22-23,32-33H,5-6,13-15,20-21H2,1-4H3,(H,39,44)(H,40,48)(H,41,49)(H,42,43)/t22-,23-,32-,33-/m0/s1. The molecule has 0 radical (unpaired) electrons. The molecule has 4 heterocycles. The average molecular weight is 725 g/mol. The number of amides is 3. The summed E-state index contributed by atoms with van der Waals surface area (Å²) in [6.45, 7) is 5.91. The van der Waals surface area contributed by atoms with Gasteiger partial charge < -0.3 is 39.7 Å². The molecule has 7 rings (SSSR count). The van der Waals surface area contributed by atoms with Crippen LogP contribution in [0.5, 0.6) is 0 Å². The molecular formula is C38H44N8O7. The average Bonchev–Trinajstić information content (AvgIpc) is 3.96. The molecule has 4 atom stereocenters. The SMILES string of the molecule is COC(=O)N[C@@H](C)C(=O)N1CCC[C@H]1c1ncc(-c2ccc3cc(-c4ccc5nc([C@@H]6COCCN6OC[C@H](C)NC(=O)OC)[nH]c5c4)ccc3c2)[nH]1. The number of carbonyl (C=O) groups is 3. The summed E-state index contributed by atoms with van der Waals surface area (Å²) in [5.41, 5.74) is 5.74. The molecule has 2 aliphatic heterocycles. The van der Waals surface area contributed by atoms with Crippen molar-refractivity contribution in [2.75, 3.05) is 47.1 Å². The van der Waals surface area contributed by atoms with Crippen LogP contribution in [0.4, 0.5) is 9.59 Å². The summed E-state index contributed by atoms with van der Waals surface area (Å²) < 4.78 is 15.1. The van der Waals surface area contributed by atoms with E-state index >= 15 is 0 Å². The van der Waals surface area contributed by atoms with Crippen molar-refractivity contribution >= 4 is 39.9 Å². The van der Waals surface area contributed by atoms with Gasteiger partial charge in [-0.1, -0.05) is 30.3 Å². The number of rotatable bonds is 10. The third kappa shape index (κ3) is 7.82. The van der Waals surface area contributed by atoms with Gasteiger partial charge in [-0.3, -0.25) is 9.63 Å². The third-order valence-corrected chi connectivity index (χ3v) is 9.76. The number of nitrogens with one attached hydrogen (secondary N) is 4. The summed E-state index contributed by atoms with van der Waals surface area (Å²) in [5.74, 6) is 1.30. The highest BCUT2D eigenvalue weighted by atomic mass is 16.7. The molecule has 5 aromatic rings. The quantitative estimate of drug-likeness (QED) is 0.149. The van der Waals surface area contributed by atoms with Gasteiger partial charge in [0.05, 0.1) is 69.0 Å². The second-order valence-corrected chi connectivity index (χ2v) is 13.4. The summed E-state index contributed by atoms with van der Waals surface area (Å²) in [6.07, 6.45) is 2.31. The Labute approximate surface area is 306 Å². The predicted octanol–water partition coefficient (Wildman–Crippen LogP) is 5.23. The van der Waals surface area contributed by atoms with E-state index in [0.717, 1.165) is 68.7 Å². The minimum absolute atomic E-state index is 0.169. The Morgan fingerprint density at radius 2 is 1.60 bits per heavy atom. The van der Waals surface area contributed by atoms with Crippen molar-refractivity contribution in [1.82, 2.24) is 40.5 Å². The van der Waals surface area contributed by atoms with E-state index in [-0.39, 0.29) is 30.6 Å². The van der Waals surface area contributed by atoms with Gasteiger partial charge in [-0.2, -0.15) is 5.06 Å². The first-order chi connectivity index (χ1) is 25.7. The van der Waals surface area contributed by atoms with Gasteiger partial charge in [-0.15, -0.1) is 0 Å². The fraction of sp³-hybridized carbons (Fsp3) is 0.395. The lowest BCUT2D eigenvalue weighted by atomic mass is 9.99. The van der Waals surface area contributed by atoms with Crippen molar-refractivity contribution in [3.63, 3.8) is 0 Å². The van der Waals surface area contributed by atoms with E-state index in [1.54, 1.807) is 11.8 Å². The maximum absolute atomic E-state index is 13.1. The molecule has 2 fully saturated rings. The summed E-state index contributed by atoms with van der Waals surface area (Å²) in [6, 6.07) is 17.5. The number of ether oxygens (including phenoxy) is 3. The van der Waals surface area contributed by atoms with Crippen LogP contribution in [-0.4, -0.2) is 107 Å².